The first-order chi connectivity index (χ1) is 13.9. The van der Waals surface area contributed by atoms with Gasteiger partial charge in [0, 0.05) is 23.0 Å². The van der Waals surface area contributed by atoms with Crippen molar-refractivity contribution in [2.75, 3.05) is 23.9 Å². The zero-order chi connectivity index (χ0) is 20.4. The first kappa shape index (κ1) is 19.8. The number of hydrogen-bond acceptors (Lipinski definition) is 7. The van der Waals surface area contributed by atoms with Crippen molar-refractivity contribution in [3.63, 3.8) is 0 Å². The van der Waals surface area contributed by atoms with E-state index in [1.165, 1.54) is 11.8 Å². The first-order valence-electron chi connectivity index (χ1n) is 9.15. The fourth-order valence-corrected chi connectivity index (χ4v) is 6.98. The van der Waals surface area contributed by atoms with Crippen LogP contribution in [0.3, 0.4) is 0 Å². The molecule has 4 rings (SSSR count). The highest BCUT2D eigenvalue weighted by Crippen LogP contribution is 2.34. The SMILES string of the molecule is COc1ccc(CNC(=O)c2cccc(NC3=N[C@@H]4CS(=O)(=O)C[C@H]4S3)c2)cc1. The van der Waals surface area contributed by atoms with Gasteiger partial charge in [-0.15, -0.1) is 0 Å². The summed E-state index contributed by atoms with van der Waals surface area (Å²) >= 11 is 1.45. The maximum Gasteiger partial charge on any atom is 0.251 e. The highest BCUT2D eigenvalue weighted by atomic mass is 32.2. The van der Waals surface area contributed by atoms with Gasteiger partial charge in [-0.05, 0) is 35.9 Å². The summed E-state index contributed by atoms with van der Waals surface area (Å²) in [5.74, 6) is 0.885. The Kier molecular flexibility index (Phi) is 5.51. The van der Waals surface area contributed by atoms with Gasteiger partial charge in [-0.1, -0.05) is 30.0 Å². The minimum atomic E-state index is -2.97. The van der Waals surface area contributed by atoms with E-state index >= 15 is 0 Å². The number of carbonyl (C=O) groups is 1. The van der Waals surface area contributed by atoms with E-state index in [2.05, 4.69) is 15.6 Å². The number of aliphatic imine (C=N–C) groups is 1. The first-order valence-corrected chi connectivity index (χ1v) is 11.8. The third-order valence-electron chi connectivity index (χ3n) is 4.81. The van der Waals surface area contributed by atoms with Gasteiger partial charge in [-0.25, -0.2) is 8.42 Å². The van der Waals surface area contributed by atoms with Gasteiger partial charge >= 0.3 is 0 Å². The number of fused-ring (bicyclic) bond motifs is 1. The molecule has 152 valence electrons. The molecule has 0 spiro atoms. The van der Waals surface area contributed by atoms with Gasteiger partial charge < -0.3 is 15.4 Å². The van der Waals surface area contributed by atoms with E-state index in [1.807, 2.05) is 30.3 Å². The van der Waals surface area contributed by atoms with Gasteiger partial charge in [-0.2, -0.15) is 0 Å². The molecule has 0 radical (unpaired) electrons. The molecule has 0 aromatic heterocycles. The molecular formula is C20H21N3O4S2. The Morgan fingerprint density at radius 2 is 2.00 bits per heavy atom. The zero-order valence-electron chi connectivity index (χ0n) is 15.8. The summed E-state index contributed by atoms with van der Waals surface area (Å²) in [7, 11) is -1.36. The van der Waals surface area contributed by atoms with Crippen LogP contribution in [-0.2, 0) is 16.4 Å². The summed E-state index contributed by atoms with van der Waals surface area (Å²) < 4.78 is 28.5. The van der Waals surface area contributed by atoms with Crippen molar-refractivity contribution in [1.82, 2.24) is 5.32 Å². The lowest BCUT2D eigenvalue weighted by Crippen LogP contribution is -2.23. The molecule has 7 nitrogen and oxygen atoms in total. The van der Waals surface area contributed by atoms with Crippen molar-refractivity contribution < 1.29 is 17.9 Å². The van der Waals surface area contributed by atoms with Crippen LogP contribution in [0.4, 0.5) is 5.69 Å². The van der Waals surface area contributed by atoms with Gasteiger partial charge in [0.05, 0.1) is 24.7 Å². The molecule has 1 fully saturated rings. The predicted octanol–water partition coefficient (Wildman–Crippen LogP) is 2.31. The zero-order valence-corrected chi connectivity index (χ0v) is 17.4. The van der Waals surface area contributed by atoms with Gasteiger partial charge in [0.15, 0.2) is 15.0 Å². The minimum Gasteiger partial charge on any atom is -0.497 e. The van der Waals surface area contributed by atoms with Crippen molar-refractivity contribution in [3.05, 3.63) is 59.7 Å². The molecule has 29 heavy (non-hydrogen) atoms. The fourth-order valence-electron chi connectivity index (χ4n) is 3.31. The van der Waals surface area contributed by atoms with E-state index in [0.717, 1.165) is 17.0 Å². The number of nitrogens with zero attached hydrogens (tertiary/aromatic N) is 1. The second-order valence-corrected chi connectivity index (χ2v) is 10.4. The molecular weight excluding hydrogens is 410 g/mol. The molecule has 0 aliphatic carbocycles. The van der Waals surface area contributed by atoms with Crippen LogP contribution in [0.1, 0.15) is 15.9 Å². The van der Waals surface area contributed by atoms with E-state index in [0.29, 0.717) is 17.3 Å². The van der Waals surface area contributed by atoms with Gasteiger partial charge in [0.2, 0.25) is 0 Å². The summed E-state index contributed by atoms with van der Waals surface area (Å²) in [6.07, 6.45) is 0. The fraction of sp³-hybridized carbons (Fsp3) is 0.300. The monoisotopic (exact) mass is 431 g/mol. The number of rotatable bonds is 5. The maximum absolute atomic E-state index is 12.5. The van der Waals surface area contributed by atoms with E-state index in [9.17, 15) is 13.2 Å². The molecule has 0 unspecified atom stereocenters. The molecule has 2 atom stereocenters. The van der Waals surface area contributed by atoms with Crippen molar-refractivity contribution in [2.24, 2.45) is 4.99 Å². The van der Waals surface area contributed by atoms with Crippen molar-refractivity contribution in [1.29, 1.82) is 0 Å². The summed E-state index contributed by atoms with van der Waals surface area (Å²) in [5.41, 5.74) is 2.26. The van der Waals surface area contributed by atoms with Crippen LogP contribution in [0.25, 0.3) is 0 Å². The number of benzene rings is 2. The highest BCUT2D eigenvalue weighted by molar-refractivity contribution is 8.15. The Labute approximate surface area is 173 Å². The lowest BCUT2D eigenvalue weighted by Gasteiger charge is -2.10. The molecule has 0 bridgehead atoms. The number of sulfone groups is 1. The van der Waals surface area contributed by atoms with Crippen molar-refractivity contribution >= 4 is 38.4 Å². The number of hydrogen-bond donors (Lipinski definition) is 2. The molecule has 2 heterocycles. The molecule has 2 aliphatic rings. The van der Waals surface area contributed by atoms with Crippen molar-refractivity contribution in [2.45, 2.75) is 17.8 Å². The Balaban J connectivity index is 1.36. The molecule has 2 aromatic rings. The van der Waals surface area contributed by atoms with Gasteiger partial charge in [0.25, 0.3) is 5.91 Å². The Morgan fingerprint density at radius 1 is 1.21 bits per heavy atom. The Bertz CT molecular complexity index is 1050. The second kappa shape index (κ2) is 8.08. The normalized spacial score (nSPS) is 21.9. The average Bonchev–Trinajstić information content (AvgIpc) is 3.19. The number of carbonyl (C=O) groups excluding carboxylic acids is 1. The number of nitrogens with one attached hydrogen (secondary N) is 2. The molecule has 2 aliphatic heterocycles. The van der Waals surface area contributed by atoms with E-state index in [1.54, 1.807) is 25.3 Å². The number of methoxy groups -OCH3 is 1. The minimum absolute atomic E-state index is 0.0153. The van der Waals surface area contributed by atoms with Gasteiger partial charge in [-0.3, -0.25) is 9.79 Å². The number of amidine groups is 1. The molecule has 0 saturated carbocycles. The van der Waals surface area contributed by atoms with Crippen LogP contribution in [0.15, 0.2) is 53.5 Å². The topological polar surface area (TPSA) is 96.9 Å². The van der Waals surface area contributed by atoms with Crippen LogP contribution in [0, 0.1) is 0 Å². The standard InChI is InChI=1S/C20H21N3O4S2/c1-27-16-7-5-13(6-8-16)10-21-19(24)14-3-2-4-15(9-14)22-20-23-17-11-29(25,26)12-18(17)28-20/h2-9,17-18H,10-12H2,1H3,(H,21,24)(H,22,23)/t17-,18-/m1/s1. The average molecular weight is 432 g/mol. The van der Waals surface area contributed by atoms with Crippen molar-refractivity contribution in [3.8, 4) is 5.75 Å². The lowest BCUT2D eigenvalue weighted by atomic mass is 10.1. The lowest BCUT2D eigenvalue weighted by molar-refractivity contribution is 0.0951. The molecule has 1 amide bonds. The van der Waals surface area contributed by atoms with Crippen LogP contribution in [0.5, 0.6) is 5.75 Å². The third-order valence-corrected chi connectivity index (χ3v) is 7.95. The number of thioether (sulfide) groups is 1. The van der Waals surface area contributed by atoms with Crippen LogP contribution < -0.4 is 15.4 Å². The summed E-state index contributed by atoms with van der Waals surface area (Å²) in [6.45, 7) is 0.418. The Hall–Kier alpha value is -2.52. The smallest absolute Gasteiger partial charge is 0.251 e. The summed E-state index contributed by atoms with van der Waals surface area (Å²) in [6, 6.07) is 14.5. The second-order valence-electron chi connectivity index (χ2n) is 6.97. The largest absolute Gasteiger partial charge is 0.497 e. The molecule has 9 heteroatoms. The quantitative estimate of drug-likeness (QED) is 0.754. The highest BCUT2D eigenvalue weighted by Gasteiger charge is 2.42. The third kappa shape index (κ3) is 4.73. The molecule has 1 saturated heterocycles. The van der Waals surface area contributed by atoms with Crippen LogP contribution >= 0.6 is 11.8 Å². The van der Waals surface area contributed by atoms with E-state index in [4.69, 9.17) is 4.74 Å². The van der Waals surface area contributed by atoms with Crippen LogP contribution in [-0.4, -0.2) is 49.4 Å². The maximum atomic E-state index is 12.5. The molecule has 2 aromatic carbocycles. The van der Waals surface area contributed by atoms with Crippen LogP contribution in [0.2, 0.25) is 0 Å². The van der Waals surface area contributed by atoms with E-state index < -0.39 is 9.84 Å². The number of anilines is 1. The molecule has 2 N–H and O–H groups in total. The summed E-state index contributed by atoms with van der Waals surface area (Å²) in [5, 5.41) is 6.79. The number of ether oxygens (including phenoxy) is 1. The predicted molar refractivity (Wildman–Crippen MR) is 115 cm³/mol. The van der Waals surface area contributed by atoms with E-state index in [-0.39, 0.29) is 28.7 Å². The summed E-state index contributed by atoms with van der Waals surface area (Å²) in [4.78, 5) is 17.0. The Morgan fingerprint density at radius 3 is 2.72 bits per heavy atom. The number of amides is 1. The van der Waals surface area contributed by atoms with Gasteiger partial charge in [0.1, 0.15) is 5.75 Å².